The molecule has 0 radical (unpaired) electrons. The van der Waals surface area contributed by atoms with Gasteiger partial charge in [0.05, 0.1) is 17.4 Å². The van der Waals surface area contributed by atoms with Gasteiger partial charge in [0.1, 0.15) is 18.0 Å². The Bertz CT molecular complexity index is 863. The molecule has 1 atom stereocenters. The lowest BCUT2D eigenvalue weighted by molar-refractivity contribution is 0.101. The van der Waals surface area contributed by atoms with Crippen LogP contribution in [0.3, 0.4) is 0 Å². The fraction of sp³-hybridized carbons (Fsp3) is 0.520. The van der Waals surface area contributed by atoms with Crippen molar-refractivity contribution in [3.05, 3.63) is 48.0 Å². The number of nitrogen functional groups attached to an aromatic ring is 1. The highest BCUT2D eigenvalue weighted by Gasteiger charge is 2.26. The van der Waals surface area contributed by atoms with Crippen LogP contribution in [0.25, 0.3) is 0 Å². The predicted octanol–water partition coefficient (Wildman–Crippen LogP) is 4.64. The number of benzene rings is 2. The van der Waals surface area contributed by atoms with Crippen LogP contribution < -0.4 is 15.8 Å². The zero-order valence-electron chi connectivity index (χ0n) is 19.3. The average Bonchev–Trinajstić information content (AvgIpc) is 3.70. The first-order valence-electron chi connectivity index (χ1n) is 11.6. The summed E-state index contributed by atoms with van der Waals surface area (Å²) in [5.74, 6) is 1.09. The van der Waals surface area contributed by atoms with E-state index in [1.807, 2.05) is 25.2 Å². The highest BCUT2D eigenvalue weighted by atomic mass is 16.5. The van der Waals surface area contributed by atoms with Gasteiger partial charge in [0, 0.05) is 20.2 Å². The summed E-state index contributed by atoms with van der Waals surface area (Å²) in [6.07, 6.45) is 7.61. The number of anilines is 2. The standard InChI is InChI=1S/C14H19NO.C10H14N4.CH4O/c1-4-8-15(9-5-1)13-10-12-6-2-3-7-14(12)16-11-13;1-12-8-3-2-4-9(10(8)11)14-13-7-5-6-7;1-2/h2-3,6-7,13H,1,4-5,8-11H2;2-4,7,12H,5-6,11H2,1H3;2H,1H3. The van der Waals surface area contributed by atoms with Crippen molar-refractivity contribution in [2.24, 2.45) is 10.2 Å². The molecule has 1 saturated carbocycles. The SMILES string of the molecule is CNc1cccc(N=NC2CC2)c1N.CO.c1ccc2c(c1)CC(N1CCCCC1)CO2. The summed E-state index contributed by atoms with van der Waals surface area (Å²) in [6, 6.07) is 15.2. The van der Waals surface area contributed by atoms with E-state index in [0.717, 1.165) is 50.1 Å². The van der Waals surface area contributed by atoms with Crippen molar-refractivity contribution in [1.82, 2.24) is 4.90 Å². The molecule has 1 unspecified atom stereocenters. The van der Waals surface area contributed by atoms with Crippen LogP contribution in [0.5, 0.6) is 5.75 Å². The Kier molecular flexibility index (Phi) is 9.31. The maximum absolute atomic E-state index is 7.00. The number of nitrogens with zero attached hydrogens (tertiary/aromatic N) is 3. The third kappa shape index (κ3) is 6.68. The van der Waals surface area contributed by atoms with Crippen molar-refractivity contribution in [3.63, 3.8) is 0 Å². The number of fused-ring (bicyclic) bond motifs is 1. The van der Waals surface area contributed by atoms with Gasteiger partial charge >= 0.3 is 0 Å². The first kappa shape index (κ1) is 24.0. The largest absolute Gasteiger partial charge is 0.492 e. The van der Waals surface area contributed by atoms with Crippen LogP contribution in [0, 0.1) is 0 Å². The van der Waals surface area contributed by atoms with Crippen LogP contribution in [-0.2, 0) is 6.42 Å². The molecule has 3 aliphatic rings. The number of azo groups is 1. The van der Waals surface area contributed by atoms with E-state index >= 15 is 0 Å². The minimum absolute atomic E-state index is 0.438. The van der Waals surface area contributed by atoms with Crippen molar-refractivity contribution < 1.29 is 9.84 Å². The molecule has 4 N–H and O–H groups in total. The van der Waals surface area contributed by atoms with Crippen LogP contribution in [0.4, 0.5) is 17.1 Å². The number of nitrogens with two attached hydrogens (primary N) is 1. The van der Waals surface area contributed by atoms with E-state index < -0.39 is 0 Å². The van der Waals surface area contributed by atoms with Gasteiger partial charge in [-0.3, -0.25) is 4.90 Å². The number of likely N-dealkylation sites (tertiary alicyclic amines) is 1. The molecule has 32 heavy (non-hydrogen) atoms. The smallest absolute Gasteiger partial charge is 0.122 e. The number of ether oxygens (including phenoxy) is 1. The maximum atomic E-state index is 7.00. The van der Waals surface area contributed by atoms with Gasteiger partial charge in [0.2, 0.25) is 0 Å². The molecule has 2 aromatic carbocycles. The minimum atomic E-state index is 0.438. The molecule has 0 bridgehead atoms. The highest BCUT2D eigenvalue weighted by Crippen LogP contribution is 2.32. The quantitative estimate of drug-likeness (QED) is 0.476. The number of nitrogens with one attached hydrogen (secondary N) is 1. The topological polar surface area (TPSA) is 95.5 Å². The number of aliphatic hydroxyl groups is 1. The summed E-state index contributed by atoms with van der Waals surface area (Å²) in [4.78, 5) is 2.61. The van der Waals surface area contributed by atoms with Crippen LogP contribution >= 0.6 is 0 Å². The van der Waals surface area contributed by atoms with E-state index in [-0.39, 0.29) is 0 Å². The van der Waals surface area contributed by atoms with E-state index in [4.69, 9.17) is 15.6 Å². The van der Waals surface area contributed by atoms with Crippen molar-refractivity contribution in [2.75, 3.05) is 44.9 Å². The van der Waals surface area contributed by atoms with Gasteiger partial charge in [-0.05, 0) is 69.0 Å². The number of para-hydroxylation sites is 2. The zero-order valence-corrected chi connectivity index (χ0v) is 19.3. The van der Waals surface area contributed by atoms with Crippen molar-refractivity contribution in [1.29, 1.82) is 0 Å². The summed E-state index contributed by atoms with van der Waals surface area (Å²) >= 11 is 0. The van der Waals surface area contributed by atoms with Crippen molar-refractivity contribution in [2.45, 2.75) is 50.6 Å². The molecule has 2 fully saturated rings. The third-order valence-electron chi connectivity index (χ3n) is 5.99. The van der Waals surface area contributed by atoms with Gasteiger partial charge < -0.3 is 20.9 Å². The third-order valence-corrected chi connectivity index (χ3v) is 5.99. The summed E-state index contributed by atoms with van der Waals surface area (Å²) < 4.78 is 5.85. The van der Waals surface area contributed by atoms with Gasteiger partial charge in [0.15, 0.2) is 0 Å². The van der Waals surface area contributed by atoms with Gasteiger partial charge in [-0.15, -0.1) is 0 Å². The summed E-state index contributed by atoms with van der Waals surface area (Å²) in [5, 5.41) is 18.3. The van der Waals surface area contributed by atoms with E-state index in [1.54, 1.807) is 0 Å². The second kappa shape index (κ2) is 12.4. The number of hydrogen-bond acceptors (Lipinski definition) is 7. The number of piperidine rings is 1. The molecular formula is C25H37N5O2. The van der Waals surface area contributed by atoms with Gasteiger partial charge in [-0.2, -0.15) is 10.2 Å². The average molecular weight is 440 g/mol. The molecular weight excluding hydrogens is 402 g/mol. The fourth-order valence-electron chi connectivity index (χ4n) is 4.02. The second-order valence-corrected chi connectivity index (χ2v) is 8.31. The Morgan fingerprint density at radius 2 is 1.78 bits per heavy atom. The Labute approximate surface area is 191 Å². The first-order chi connectivity index (χ1) is 15.7. The highest BCUT2D eigenvalue weighted by molar-refractivity contribution is 5.77. The molecule has 0 amide bonds. The number of hydrogen-bond donors (Lipinski definition) is 3. The predicted molar refractivity (Wildman–Crippen MR) is 131 cm³/mol. The molecule has 0 spiro atoms. The molecule has 0 aromatic heterocycles. The Balaban J connectivity index is 0.000000169. The van der Waals surface area contributed by atoms with E-state index in [0.29, 0.717) is 17.8 Å². The molecule has 174 valence electrons. The molecule has 7 nitrogen and oxygen atoms in total. The number of rotatable bonds is 4. The van der Waals surface area contributed by atoms with Crippen LogP contribution in [0.1, 0.15) is 37.7 Å². The van der Waals surface area contributed by atoms with Gasteiger partial charge in [-0.1, -0.05) is 30.7 Å². The Morgan fingerprint density at radius 3 is 2.50 bits per heavy atom. The van der Waals surface area contributed by atoms with Crippen LogP contribution in [0.2, 0.25) is 0 Å². The van der Waals surface area contributed by atoms with Crippen molar-refractivity contribution in [3.8, 4) is 5.75 Å². The fourth-order valence-corrected chi connectivity index (χ4v) is 4.02. The molecule has 7 heteroatoms. The lowest BCUT2D eigenvalue weighted by Gasteiger charge is -2.37. The van der Waals surface area contributed by atoms with E-state index in [1.165, 1.54) is 37.9 Å². The zero-order chi connectivity index (χ0) is 22.8. The maximum Gasteiger partial charge on any atom is 0.122 e. The first-order valence-corrected chi connectivity index (χ1v) is 11.6. The molecule has 1 saturated heterocycles. The Hall–Kier alpha value is -2.64. The molecule has 2 aliphatic heterocycles. The molecule has 1 aliphatic carbocycles. The van der Waals surface area contributed by atoms with Crippen LogP contribution in [-0.4, -0.2) is 55.9 Å². The molecule has 2 aromatic rings. The minimum Gasteiger partial charge on any atom is -0.492 e. The van der Waals surface area contributed by atoms with Gasteiger partial charge in [-0.25, -0.2) is 0 Å². The second-order valence-electron chi connectivity index (χ2n) is 8.31. The normalized spacial score (nSPS) is 20.2. The number of aliphatic hydroxyl groups excluding tert-OH is 1. The van der Waals surface area contributed by atoms with E-state index in [9.17, 15) is 0 Å². The monoisotopic (exact) mass is 439 g/mol. The molecule has 5 rings (SSSR count). The molecule has 2 heterocycles. The summed E-state index contributed by atoms with van der Waals surface area (Å²) in [5.41, 5.74) is 9.58. The summed E-state index contributed by atoms with van der Waals surface area (Å²) in [7, 11) is 2.84. The summed E-state index contributed by atoms with van der Waals surface area (Å²) in [6.45, 7) is 3.39. The Morgan fingerprint density at radius 1 is 1.03 bits per heavy atom. The van der Waals surface area contributed by atoms with E-state index in [2.05, 4.69) is 44.7 Å². The van der Waals surface area contributed by atoms with Crippen LogP contribution in [0.15, 0.2) is 52.7 Å². The van der Waals surface area contributed by atoms with Gasteiger partial charge in [0.25, 0.3) is 0 Å². The lowest BCUT2D eigenvalue weighted by Crippen LogP contribution is -2.45. The lowest BCUT2D eigenvalue weighted by atomic mass is 9.99. The van der Waals surface area contributed by atoms with Crippen molar-refractivity contribution >= 4 is 17.1 Å².